The Morgan fingerprint density at radius 2 is 2.24 bits per heavy atom. The first-order valence-corrected chi connectivity index (χ1v) is 5.32. The van der Waals surface area contributed by atoms with Crippen LogP contribution in [0.1, 0.15) is 0 Å². The molecule has 0 spiro atoms. The van der Waals surface area contributed by atoms with Gasteiger partial charge in [-0.1, -0.05) is 0 Å². The zero-order valence-corrected chi connectivity index (χ0v) is 10.2. The van der Waals surface area contributed by atoms with Gasteiger partial charge in [-0.15, -0.1) is 0 Å². The van der Waals surface area contributed by atoms with E-state index in [0.717, 1.165) is 0 Å². The molecule has 1 aromatic carbocycles. The van der Waals surface area contributed by atoms with Crippen LogP contribution in [0.4, 0.5) is 5.69 Å². The van der Waals surface area contributed by atoms with Crippen LogP contribution in [0.2, 0.25) is 0 Å². The van der Waals surface area contributed by atoms with E-state index in [1.807, 2.05) is 0 Å². The number of nitrogens with zero attached hydrogens (tertiary/aromatic N) is 1. The minimum absolute atomic E-state index is 0.115. The highest BCUT2D eigenvalue weighted by Crippen LogP contribution is 2.29. The number of nitro benzene ring substituents is 1. The van der Waals surface area contributed by atoms with E-state index in [0.29, 0.717) is 4.47 Å². The number of benzene rings is 1. The van der Waals surface area contributed by atoms with Crippen LogP contribution in [0, 0.1) is 10.1 Å². The number of carbonyl (C=O) groups excluding carboxylic acids is 1. The van der Waals surface area contributed by atoms with Gasteiger partial charge >= 0.3 is 0 Å². The highest BCUT2D eigenvalue weighted by Gasteiger charge is 2.14. The molecule has 0 bridgehead atoms. The SMILES string of the molecule is NC(=O)C(N)COc1cc([N+](=O)[O-])ccc1Br. The summed E-state index contributed by atoms with van der Waals surface area (Å²) in [7, 11) is 0. The molecule has 0 radical (unpaired) electrons. The molecule has 0 aromatic heterocycles. The molecule has 1 aromatic rings. The van der Waals surface area contributed by atoms with Crippen molar-refractivity contribution in [1.29, 1.82) is 0 Å². The Balaban J connectivity index is 2.79. The molecule has 8 heteroatoms. The summed E-state index contributed by atoms with van der Waals surface area (Å²) in [6.07, 6.45) is 0. The number of hydrogen-bond acceptors (Lipinski definition) is 5. The highest BCUT2D eigenvalue weighted by molar-refractivity contribution is 9.10. The Labute approximate surface area is 105 Å². The zero-order chi connectivity index (χ0) is 13.0. The van der Waals surface area contributed by atoms with Crippen LogP contribution in [0.3, 0.4) is 0 Å². The van der Waals surface area contributed by atoms with Crippen LogP contribution in [-0.2, 0) is 4.79 Å². The van der Waals surface area contributed by atoms with Crippen molar-refractivity contribution >= 4 is 27.5 Å². The minimum Gasteiger partial charge on any atom is -0.490 e. The lowest BCUT2D eigenvalue weighted by Crippen LogP contribution is -2.41. The predicted octanol–water partition coefficient (Wildman–Crippen LogP) is 0.549. The maximum absolute atomic E-state index is 10.7. The zero-order valence-electron chi connectivity index (χ0n) is 8.63. The highest BCUT2D eigenvalue weighted by atomic mass is 79.9. The number of nitro groups is 1. The van der Waals surface area contributed by atoms with E-state index >= 15 is 0 Å². The van der Waals surface area contributed by atoms with E-state index in [4.69, 9.17) is 16.2 Å². The second kappa shape index (κ2) is 5.60. The number of halogens is 1. The molecular weight excluding hydrogens is 294 g/mol. The van der Waals surface area contributed by atoms with Crippen LogP contribution in [0.5, 0.6) is 5.75 Å². The van der Waals surface area contributed by atoms with E-state index in [2.05, 4.69) is 15.9 Å². The molecule has 1 rings (SSSR count). The summed E-state index contributed by atoms with van der Waals surface area (Å²) in [6, 6.07) is 3.08. The molecule has 1 unspecified atom stereocenters. The van der Waals surface area contributed by atoms with Crippen LogP contribution in [0.25, 0.3) is 0 Å². The van der Waals surface area contributed by atoms with Gasteiger partial charge in [0.25, 0.3) is 5.69 Å². The smallest absolute Gasteiger partial charge is 0.273 e. The minimum atomic E-state index is -0.957. The van der Waals surface area contributed by atoms with Gasteiger partial charge in [-0.2, -0.15) is 0 Å². The molecule has 0 fully saturated rings. The van der Waals surface area contributed by atoms with Gasteiger partial charge in [-0.3, -0.25) is 14.9 Å². The topological polar surface area (TPSA) is 121 Å². The van der Waals surface area contributed by atoms with Crippen LogP contribution in [-0.4, -0.2) is 23.5 Å². The quantitative estimate of drug-likeness (QED) is 0.607. The van der Waals surface area contributed by atoms with Gasteiger partial charge in [-0.05, 0) is 22.0 Å². The molecule has 0 aliphatic heterocycles. The summed E-state index contributed by atoms with van der Waals surface area (Å²) in [5, 5.41) is 10.5. The first-order chi connectivity index (χ1) is 7.91. The molecule has 17 heavy (non-hydrogen) atoms. The number of non-ortho nitro benzene ring substituents is 1. The standard InChI is InChI=1S/C9H10BrN3O4/c10-6-2-1-5(13(15)16)3-8(6)17-4-7(11)9(12)14/h1-3,7H,4,11H2,(H2,12,14). The van der Waals surface area contributed by atoms with Crippen LogP contribution in [0.15, 0.2) is 22.7 Å². The van der Waals surface area contributed by atoms with E-state index in [-0.39, 0.29) is 18.0 Å². The van der Waals surface area contributed by atoms with Gasteiger partial charge in [0.15, 0.2) is 0 Å². The fourth-order valence-electron chi connectivity index (χ4n) is 0.978. The number of rotatable bonds is 5. The maximum Gasteiger partial charge on any atom is 0.273 e. The van der Waals surface area contributed by atoms with Gasteiger partial charge in [-0.25, -0.2) is 0 Å². The number of nitrogens with two attached hydrogens (primary N) is 2. The normalized spacial score (nSPS) is 11.9. The lowest BCUT2D eigenvalue weighted by Gasteiger charge is -2.11. The third-order valence-corrected chi connectivity index (χ3v) is 2.56. The lowest BCUT2D eigenvalue weighted by molar-refractivity contribution is -0.385. The molecular formula is C9H10BrN3O4. The predicted molar refractivity (Wildman–Crippen MR) is 63.5 cm³/mol. The molecule has 0 saturated carbocycles. The number of ether oxygens (including phenoxy) is 1. The van der Waals surface area contributed by atoms with Crippen molar-refractivity contribution in [1.82, 2.24) is 0 Å². The summed E-state index contributed by atoms with van der Waals surface area (Å²) in [5.74, 6) is -0.470. The molecule has 92 valence electrons. The first-order valence-electron chi connectivity index (χ1n) is 4.53. The van der Waals surface area contributed by atoms with E-state index in [9.17, 15) is 14.9 Å². The molecule has 7 nitrogen and oxygen atoms in total. The molecule has 1 amide bonds. The van der Waals surface area contributed by atoms with Crippen LogP contribution >= 0.6 is 15.9 Å². The first kappa shape index (κ1) is 13.4. The summed E-state index contributed by atoms with van der Waals surface area (Å²) in [6.45, 7) is -0.144. The van der Waals surface area contributed by atoms with Crippen molar-refractivity contribution in [3.05, 3.63) is 32.8 Å². The monoisotopic (exact) mass is 303 g/mol. The van der Waals surface area contributed by atoms with Crippen molar-refractivity contribution in [2.24, 2.45) is 11.5 Å². The van der Waals surface area contributed by atoms with Crippen molar-refractivity contribution in [2.75, 3.05) is 6.61 Å². The van der Waals surface area contributed by atoms with Gasteiger partial charge in [0.1, 0.15) is 18.4 Å². The molecule has 0 aliphatic carbocycles. The van der Waals surface area contributed by atoms with Gasteiger partial charge in [0, 0.05) is 6.07 Å². The van der Waals surface area contributed by atoms with E-state index in [1.54, 1.807) is 0 Å². The Kier molecular flexibility index (Phi) is 4.41. The van der Waals surface area contributed by atoms with Crippen molar-refractivity contribution < 1.29 is 14.5 Å². The van der Waals surface area contributed by atoms with E-state index < -0.39 is 16.9 Å². The number of primary amides is 1. The maximum atomic E-state index is 10.7. The average Bonchev–Trinajstić information content (AvgIpc) is 2.26. The fraction of sp³-hybridized carbons (Fsp3) is 0.222. The van der Waals surface area contributed by atoms with E-state index in [1.165, 1.54) is 18.2 Å². The number of hydrogen-bond donors (Lipinski definition) is 2. The van der Waals surface area contributed by atoms with Crippen molar-refractivity contribution in [2.45, 2.75) is 6.04 Å². The number of amides is 1. The Morgan fingerprint density at radius 3 is 2.76 bits per heavy atom. The Morgan fingerprint density at radius 1 is 1.59 bits per heavy atom. The third kappa shape index (κ3) is 3.68. The average molecular weight is 304 g/mol. The van der Waals surface area contributed by atoms with Gasteiger partial charge < -0.3 is 16.2 Å². The second-order valence-corrected chi connectivity index (χ2v) is 4.05. The molecule has 4 N–H and O–H groups in total. The summed E-state index contributed by atoms with van der Waals surface area (Å²) >= 11 is 3.16. The fourth-order valence-corrected chi connectivity index (χ4v) is 1.34. The lowest BCUT2D eigenvalue weighted by atomic mass is 10.3. The van der Waals surface area contributed by atoms with Crippen molar-refractivity contribution in [3.8, 4) is 5.75 Å². The third-order valence-electron chi connectivity index (χ3n) is 1.91. The second-order valence-electron chi connectivity index (χ2n) is 3.19. The largest absolute Gasteiger partial charge is 0.490 e. The summed E-state index contributed by atoms with van der Waals surface area (Å²) < 4.78 is 5.70. The molecule has 1 atom stereocenters. The summed E-state index contributed by atoms with van der Waals surface area (Å²) in [4.78, 5) is 20.7. The summed E-state index contributed by atoms with van der Waals surface area (Å²) in [5.41, 5.74) is 10.2. The Bertz CT molecular complexity index is 452. The van der Waals surface area contributed by atoms with Crippen LogP contribution < -0.4 is 16.2 Å². The van der Waals surface area contributed by atoms with Gasteiger partial charge in [0.05, 0.1) is 15.5 Å². The molecule has 0 heterocycles. The number of carbonyl (C=O) groups is 1. The Hall–Kier alpha value is -1.67. The molecule has 0 aliphatic rings. The van der Waals surface area contributed by atoms with Gasteiger partial charge in [0.2, 0.25) is 5.91 Å². The molecule has 0 saturated heterocycles. The van der Waals surface area contributed by atoms with Crippen molar-refractivity contribution in [3.63, 3.8) is 0 Å².